The number of carboxylic acid groups (broad SMARTS) is 1. The van der Waals surface area contributed by atoms with E-state index in [0.717, 1.165) is 9.75 Å². The molecule has 7 nitrogen and oxygen atoms in total. The number of ether oxygens (including phenoxy) is 1. The molecule has 158 valence electrons. The van der Waals surface area contributed by atoms with Crippen LogP contribution in [0.15, 0.2) is 12.1 Å². The molecule has 10 heteroatoms. The fraction of sp³-hybridized carbons (Fsp3) is 0.474. The maximum atomic E-state index is 11.3. The number of thiophene rings is 2. The van der Waals surface area contributed by atoms with Crippen molar-refractivity contribution >= 4 is 44.6 Å². The minimum atomic E-state index is -0.954. The molecule has 0 saturated carbocycles. The van der Waals surface area contributed by atoms with Crippen molar-refractivity contribution in [2.75, 3.05) is 18.6 Å². The van der Waals surface area contributed by atoms with Crippen LogP contribution in [0.2, 0.25) is 0 Å². The fourth-order valence-electron chi connectivity index (χ4n) is 1.99. The van der Waals surface area contributed by atoms with Gasteiger partial charge in [0.1, 0.15) is 10.0 Å². The third kappa shape index (κ3) is 8.66. The van der Waals surface area contributed by atoms with Crippen molar-refractivity contribution in [1.29, 1.82) is 0 Å². The molecule has 0 fully saturated rings. The molecule has 0 amide bonds. The number of nitrogen functional groups attached to an aromatic ring is 2. The smallest absolute Gasteiger partial charge is 0.870 e. The minimum absolute atomic E-state index is 0. The molecular weight excluding hydrogens is 439 g/mol. The Morgan fingerprint density at radius 3 is 1.48 bits per heavy atom. The number of methoxy groups -OCH3 is 1. The molecule has 2 aromatic heterocycles. The Labute approximate surface area is 222 Å². The summed E-state index contributed by atoms with van der Waals surface area (Å²) in [5.74, 6) is -1.32. The molecule has 29 heavy (non-hydrogen) atoms. The number of hydrogen-bond acceptors (Lipinski definition) is 8. The molecule has 0 bridgehead atoms. The van der Waals surface area contributed by atoms with E-state index in [2.05, 4.69) is 25.5 Å². The Bertz CT molecular complexity index is 833. The van der Waals surface area contributed by atoms with Gasteiger partial charge in [0.15, 0.2) is 0 Å². The fourth-order valence-corrected chi connectivity index (χ4v) is 3.93. The quantitative estimate of drug-likeness (QED) is 0.448. The number of carbonyl (C=O) groups is 2. The van der Waals surface area contributed by atoms with Gasteiger partial charge < -0.3 is 26.8 Å². The van der Waals surface area contributed by atoms with E-state index in [9.17, 15) is 9.59 Å². The third-order valence-corrected chi connectivity index (χ3v) is 6.42. The van der Waals surface area contributed by atoms with Crippen LogP contribution in [-0.4, -0.2) is 29.6 Å². The molecule has 0 spiro atoms. The second-order valence-electron chi connectivity index (χ2n) is 8.07. The molecule has 2 aromatic rings. The van der Waals surface area contributed by atoms with E-state index in [-0.39, 0.29) is 79.2 Å². The second-order valence-corrected chi connectivity index (χ2v) is 10.2. The standard InChI is InChI=1S/C10H15NO2S.C9H13NO2S.K.H2O/c1-10(2,3)7-5-6(8(11)14-7)9(12)13-4;1-9(2,3)6-4-5(8(11)12)7(10)13-6;;/h5H,11H2,1-4H3;4H,10H2,1-3H3,(H,11,12);;1H2/q;;+1;/p-1. The maximum Gasteiger partial charge on any atom is 1.00 e. The van der Waals surface area contributed by atoms with Gasteiger partial charge in [-0.15, -0.1) is 22.7 Å². The first-order valence-corrected chi connectivity index (χ1v) is 9.93. The predicted molar refractivity (Wildman–Crippen MR) is 115 cm³/mol. The van der Waals surface area contributed by atoms with Crippen LogP contribution >= 0.6 is 22.7 Å². The summed E-state index contributed by atoms with van der Waals surface area (Å²) in [6.07, 6.45) is 0. The largest absolute Gasteiger partial charge is 1.00 e. The van der Waals surface area contributed by atoms with Crippen molar-refractivity contribution in [3.8, 4) is 0 Å². The second kappa shape index (κ2) is 11.8. The van der Waals surface area contributed by atoms with Crippen LogP contribution in [0.4, 0.5) is 10.0 Å². The normalized spacial score (nSPS) is 10.7. The van der Waals surface area contributed by atoms with E-state index in [0.29, 0.717) is 15.6 Å². The topological polar surface area (TPSA) is 146 Å². The molecule has 0 radical (unpaired) electrons. The molecule has 0 aliphatic carbocycles. The van der Waals surface area contributed by atoms with Gasteiger partial charge in [0, 0.05) is 9.75 Å². The minimum Gasteiger partial charge on any atom is -0.870 e. The summed E-state index contributed by atoms with van der Waals surface area (Å²) < 4.78 is 4.63. The molecular formula is C19H29KN2O5S2. The zero-order valence-electron chi connectivity index (χ0n) is 18.2. The number of carbonyl (C=O) groups excluding carboxylic acids is 1. The van der Waals surface area contributed by atoms with Crippen molar-refractivity contribution in [2.45, 2.75) is 52.4 Å². The van der Waals surface area contributed by atoms with Crippen LogP contribution < -0.4 is 62.9 Å². The van der Waals surface area contributed by atoms with Crippen molar-refractivity contribution < 1.29 is 76.3 Å². The molecule has 2 heterocycles. The molecule has 0 atom stereocenters. The Kier molecular flexibility index (Phi) is 12.5. The summed E-state index contributed by atoms with van der Waals surface area (Å²) >= 11 is 2.79. The Morgan fingerprint density at radius 1 is 0.897 bits per heavy atom. The first-order chi connectivity index (χ1) is 12.2. The van der Waals surface area contributed by atoms with Crippen LogP contribution in [0.5, 0.6) is 0 Å². The summed E-state index contributed by atoms with van der Waals surface area (Å²) in [6.45, 7) is 12.3. The van der Waals surface area contributed by atoms with E-state index in [1.165, 1.54) is 29.8 Å². The van der Waals surface area contributed by atoms with Gasteiger partial charge in [-0.1, -0.05) is 41.5 Å². The monoisotopic (exact) mass is 468 g/mol. The van der Waals surface area contributed by atoms with Crippen molar-refractivity contribution in [1.82, 2.24) is 0 Å². The Balaban J connectivity index is 0. The molecule has 0 aromatic carbocycles. The van der Waals surface area contributed by atoms with E-state index in [1.54, 1.807) is 6.07 Å². The maximum absolute atomic E-state index is 11.3. The molecule has 6 N–H and O–H groups in total. The number of nitrogens with two attached hydrogens (primary N) is 2. The molecule has 0 aliphatic heterocycles. The van der Waals surface area contributed by atoms with Crippen LogP contribution in [0.3, 0.4) is 0 Å². The third-order valence-electron chi connectivity index (χ3n) is 3.64. The van der Waals surface area contributed by atoms with Gasteiger partial charge in [-0.3, -0.25) is 0 Å². The summed E-state index contributed by atoms with van der Waals surface area (Å²) in [7, 11) is 1.36. The number of rotatable bonds is 2. The summed E-state index contributed by atoms with van der Waals surface area (Å²) in [5, 5.41) is 9.69. The number of carboxylic acids is 1. The molecule has 2 rings (SSSR count). The van der Waals surface area contributed by atoms with Gasteiger partial charge in [-0.25, -0.2) is 9.59 Å². The number of esters is 1. The van der Waals surface area contributed by atoms with Gasteiger partial charge in [-0.2, -0.15) is 0 Å². The zero-order valence-corrected chi connectivity index (χ0v) is 23.0. The van der Waals surface area contributed by atoms with Gasteiger partial charge in [0.2, 0.25) is 0 Å². The number of hydrogen-bond donors (Lipinski definition) is 3. The van der Waals surface area contributed by atoms with E-state index >= 15 is 0 Å². The first kappa shape index (κ1) is 30.7. The predicted octanol–water partition coefficient (Wildman–Crippen LogP) is 1.57. The average molecular weight is 469 g/mol. The SMILES string of the molecule is CC(C)(C)c1cc(C(=O)O)c(N)s1.COC(=O)c1cc(C(C)(C)C)sc1N.[K+].[OH-]. The first-order valence-electron chi connectivity index (χ1n) is 8.29. The van der Waals surface area contributed by atoms with Gasteiger partial charge >= 0.3 is 63.3 Å². The average Bonchev–Trinajstić information content (AvgIpc) is 3.09. The molecule has 0 aliphatic rings. The molecule has 0 saturated heterocycles. The van der Waals surface area contributed by atoms with Crippen LogP contribution in [0.25, 0.3) is 0 Å². The van der Waals surface area contributed by atoms with E-state index < -0.39 is 5.97 Å². The van der Waals surface area contributed by atoms with Crippen molar-refractivity contribution in [2.24, 2.45) is 0 Å². The Hall–Kier alpha value is -0.464. The summed E-state index contributed by atoms with van der Waals surface area (Å²) in [6, 6.07) is 3.47. The number of anilines is 2. The summed E-state index contributed by atoms with van der Waals surface area (Å²) in [4.78, 5) is 24.1. The van der Waals surface area contributed by atoms with Gasteiger partial charge in [0.05, 0.1) is 18.2 Å². The molecule has 0 unspecified atom stereocenters. The number of aromatic carboxylic acids is 1. The Morgan fingerprint density at radius 2 is 1.24 bits per heavy atom. The zero-order chi connectivity index (χ0) is 21.2. The van der Waals surface area contributed by atoms with Crippen molar-refractivity contribution in [3.05, 3.63) is 33.0 Å². The summed E-state index contributed by atoms with van der Waals surface area (Å²) in [5.41, 5.74) is 12.0. The van der Waals surface area contributed by atoms with Gasteiger partial charge in [0.25, 0.3) is 0 Å². The van der Waals surface area contributed by atoms with Crippen LogP contribution in [-0.2, 0) is 15.6 Å². The van der Waals surface area contributed by atoms with E-state index in [1.807, 2.05) is 26.8 Å². The van der Waals surface area contributed by atoms with Crippen molar-refractivity contribution in [3.63, 3.8) is 0 Å². The van der Waals surface area contributed by atoms with Crippen LogP contribution in [0.1, 0.15) is 72.0 Å². The van der Waals surface area contributed by atoms with Crippen LogP contribution in [0, 0.1) is 0 Å². The van der Waals surface area contributed by atoms with Gasteiger partial charge in [-0.05, 0) is 23.0 Å². The van der Waals surface area contributed by atoms with E-state index in [4.69, 9.17) is 16.6 Å².